The van der Waals surface area contributed by atoms with Gasteiger partial charge in [0.05, 0.1) is 12.0 Å². The van der Waals surface area contributed by atoms with Crippen molar-refractivity contribution in [3.63, 3.8) is 0 Å². The van der Waals surface area contributed by atoms with Gasteiger partial charge in [0.15, 0.2) is 0 Å². The number of aryl methyl sites for hydroxylation is 2. The normalized spacial score (nSPS) is 18.2. The first-order valence-electron chi connectivity index (χ1n) is 7.63. The Balaban J connectivity index is 2.18. The van der Waals surface area contributed by atoms with Gasteiger partial charge in [0, 0.05) is 6.54 Å². The molecule has 6 heteroatoms. The Hall–Kier alpha value is -1.11. The van der Waals surface area contributed by atoms with E-state index in [0.717, 1.165) is 31.5 Å². The zero-order valence-electron chi connectivity index (χ0n) is 13.8. The monoisotopic (exact) mass is 326 g/mol. The lowest BCUT2D eigenvalue weighted by Gasteiger charge is -2.34. The Bertz CT molecular complexity index is 635. The smallest absolute Gasteiger partial charge is 0.240 e. The molecule has 2 N–H and O–H groups in total. The van der Waals surface area contributed by atoms with Crippen molar-refractivity contribution in [2.45, 2.75) is 38.5 Å². The van der Waals surface area contributed by atoms with E-state index in [-0.39, 0.29) is 5.41 Å². The second-order valence-electron chi connectivity index (χ2n) is 6.47. The van der Waals surface area contributed by atoms with Crippen molar-refractivity contribution >= 4 is 10.0 Å². The van der Waals surface area contributed by atoms with Crippen LogP contribution in [0.5, 0.6) is 5.75 Å². The second-order valence-corrected chi connectivity index (χ2v) is 8.21. The van der Waals surface area contributed by atoms with Gasteiger partial charge in [-0.3, -0.25) is 0 Å². The van der Waals surface area contributed by atoms with Crippen molar-refractivity contribution in [3.8, 4) is 5.75 Å². The van der Waals surface area contributed by atoms with Crippen molar-refractivity contribution in [1.29, 1.82) is 0 Å². The molecule has 1 saturated heterocycles. The van der Waals surface area contributed by atoms with Crippen LogP contribution in [0.2, 0.25) is 0 Å². The van der Waals surface area contributed by atoms with Crippen LogP contribution in [0.25, 0.3) is 0 Å². The average Bonchev–Trinajstić information content (AvgIpc) is 2.48. The molecule has 1 fully saturated rings. The Morgan fingerprint density at radius 3 is 2.45 bits per heavy atom. The lowest BCUT2D eigenvalue weighted by molar-refractivity contribution is 0.232. The SMILES string of the molecule is COc1cc(C)c(S(=O)(=O)NCC2(C)CCNCC2)cc1C. The summed E-state index contributed by atoms with van der Waals surface area (Å²) in [7, 11) is -1.91. The van der Waals surface area contributed by atoms with Crippen molar-refractivity contribution in [1.82, 2.24) is 10.0 Å². The van der Waals surface area contributed by atoms with Crippen molar-refractivity contribution in [3.05, 3.63) is 23.3 Å². The van der Waals surface area contributed by atoms with Crippen LogP contribution >= 0.6 is 0 Å². The molecule has 5 nitrogen and oxygen atoms in total. The minimum atomic E-state index is -3.50. The Morgan fingerprint density at radius 2 is 1.86 bits per heavy atom. The number of piperidine rings is 1. The van der Waals surface area contributed by atoms with E-state index in [1.54, 1.807) is 26.2 Å². The quantitative estimate of drug-likeness (QED) is 0.868. The molecule has 1 aromatic rings. The molecule has 0 aliphatic carbocycles. The highest BCUT2D eigenvalue weighted by molar-refractivity contribution is 7.89. The van der Waals surface area contributed by atoms with Crippen LogP contribution in [0, 0.1) is 19.3 Å². The highest BCUT2D eigenvalue weighted by Gasteiger charge is 2.29. The predicted molar refractivity (Wildman–Crippen MR) is 87.9 cm³/mol. The topological polar surface area (TPSA) is 67.4 Å². The summed E-state index contributed by atoms with van der Waals surface area (Å²) in [5, 5.41) is 3.31. The molecule has 1 aromatic carbocycles. The molecule has 124 valence electrons. The molecule has 2 rings (SSSR count). The Labute approximate surface area is 133 Å². The molecule has 0 radical (unpaired) electrons. The van der Waals surface area contributed by atoms with E-state index in [2.05, 4.69) is 17.0 Å². The van der Waals surface area contributed by atoms with Gasteiger partial charge in [0.2, 0.25) is 10.0 Å². The van der Waals surface area contributed by atoms with E-state index in [0.29, 0.717) is 22.8 Å². The molecule has 1 heterocycles. The fraction of sp³-hybridized carbons (Fsp3) is 0.625. The third-order valence-corrected chi connectivity index (χ3v) is 6.02. The number of rotatable bonds is 5. The van der Waals surface area contributed by atoms with Crippen molar-refractivity contribution < 1.29 is 13.2 Å². The molecule has 0 amide bonds. The number of hydrogen-bond acceptors (Lipinski definition) is 4. The molecule has 0 spiro atoms. The molecule has 0 saturated carbocycles. The van der Waals surface area contributed by atoms with E-state index in [4.69, 9.17) is 4.74 Å². The van der Waals surface area contributed by atoms with Crippen LogP contribution in [-0.4, -0.2) is 35.2 Å². The van der Waals surface area contributed by atoms with Crippen LogP contribution in [0.15, 0.2) is 17.0 Å². The maximum absolute atomic E-state index is 12.6. The van der Waals surface area contributed by atoms with Gasteiger partial charge in [-0.25, -0.2) is 13.1 Å². The number of benzene rings is 1. The summed E-state index contributed by atoms with van der Waals surface area (Å²) in [6.07, 6.45) is 1.96. The summed E-state index contributed by atoms with van der Waals surface area (Å²) in [5.41, 5.74) is 1.54. The van der Waals surface area contributed by atoms with Crippen LogP contribution in [0.4, 0.5) is 0 Å². The van der Waals surface area contributed by atoms with E-state index in [9.17, 15) is 8.42 Å². The maximum atomic E-state index is 12.6. The molecule has 22 heavy (non-hydrogen) atoms. The molecule has 0 atom stereocenters. The maximum Gasteiger partial charge on any atom is 0.240 e. The zero-order chi connectivity index (χ0) is 16.4. The summed E-state index contributed by atoms with van der Waals surface area (Å²) >= 11 is 0. The highest BCUT2D eigenvalue weighted by Crippen LogP contribution is 2.29. The molecule has 1 aliphatic rings. The molecule has 0 bridgehead atoms. The zero-order valence-corrected chi connectivity index (χ0v) is 14.6. The lowest BCUT2D eigenvalue weighted by atomic mass is 9.81. The number of hydrogen-bond donors (Lipinski definition) is 2. The second kappa shape index (κ2) is 6.56. The predicted octanol–water partition coefficient (Wildman–Crippen LogP) is 1.98. The molecule has 0 unspecified atom stereocenters. The minimum Gasteiger partial charge on any atom is -0.496 e. The molecule has 1 aliphatic heterocycles. The van der Waals surface area contributed by atoms with Gasteiger partial charge < -0.3 is 10.1 Å². The van der Waals surface area contributed by atoms with Gasteiger partial charge in [0.1, 0.15) is 5.75 Å². The van der Waals surface area contributed by atoms with E-state index >= 15 is 0 Å². The summed E-state index contributed by atoms with van der Waals surface area (Å²) in [5.74, 6) is 0.710. The third kappa shape index (κ3) is 3.80. The number of methoxy groups -OCH3 is 1. The first kappa shape index (κ1) is 17.2. The van der Waals surface area contributed by atoms with Crippen LogP contribution < -0.4 is 14.8 Å². The summed E-state index contributed by atoms with van der Waals surface area (Å²) < 4.78 is 33.3. The Kier molecular flexibility index (Phi) is 5.14. The minimum absolute atomic E-state index is 0.0216. The largest absolute Gasteiger partial charge is 0.496 e. The molecular formula is C16H26N2O3S. The van der Waals surface area contributed by atoms with Gasteiger partial charge >= 0.3 is 0 Å². The van der Waals surface area contributed by atoms with Crippen molar-refractivity contribution in [2.24, 2.45) is 5.41 Å². The number of ether oxygens (including phenoxy) is 1. The van der Waals surface area contributed by atoms with Gasteiger partial charge in [-0.05, 0) is 68.5 Å². The van der Waals surface area contributed by atoms with E-state index in [1.165, 1.54) is 0 Å². The fourth-order valence-electron chi connectivity index (χ4n) is 2.83. The lowest BCUT2D eigenvalue weighted by Crippen LogP contribution is -2.42. The van der Waals surface area contributed by atoms with Gasteiger partial charge in [-0.2, -0.15) is 0 Å². The van der Waals surface area contributed by atoms with Gasteiger partial charge in [-0.1, -0.05) is 6.92 Å². The summed E-state index contributed by atoms with van der Waals surface area (Å²) in [6.45, 7) is 8.15. The van der Waals surface area contributed by atoms with Gasteiger partial charge in [0.25, 0.3) is 0 Å². The molecule has 0 aromatic heterocycles. The number of sulfonamides is 1. The van der Waals surface area contributed by atoms with E-state index < -0.39 is 10.0 Å². The first-order valence-corrected chi connectivity index (χ1v) is 9.11. The van der Waals surface area contributed by atoms with Crippen LogP contribution in [0.1, 0.15) is 30.9 Å². The third-order valence-electron chi connectivity index (χ3n) is 4.48. The fourth-order valence-corrected chi connectivity index (χ4v) is 4.34. The summed E-state index contributed by atoms with van der Waals surface area (Å²) in [6, 6.07) is 3.46. The highest BCUT2D eigenvalue weighted by atomic mass is 32.2. The standard InChI is InChI=1S/C16H26N2O3S/c1-12-10-15(13(2)9-14(12)21-4)22(19,20)18-11-16(3)5-7-17-8-6-16/h9-10,17-18H,5-8,11H2,1-4H3. The van der Waals surface area contributed by atoms with Crippen molar-refractivity contribution in [2.75, 3.05) is 26.7 Å². The average molecular weight is 326 g/mol. The van der Waals surface area contributed by atoms with Crippen LogP contribution in [-0.2, 0) is 10.0 Å². The van der Waals surface area contributed by atoms with Gasteiger partial charge in [-0.15, -0.1) is 0 Å². The first-order chi connectivity index (χ1) is 10.3. The summed E-state index contributed by atoms with van der Waals surface area (Å²) in [4.78, 5) is 0.336. The molecular weight excluding hydrogens is 300 g/mol. The van der Waals surface area contributed by atoms with E-state index in [1.807, 2.05) is 6.92 Å². The number of nitrogens with one attached hydrogen (secondary N) is 2. The van der Waals surface area contributed by atoms with Crippen LogP contribution in [0.3, 0.4) is 0 Å². The Morgan fingerprint density at radius 1 is 1.23 bits per heavy atom.